The van der Waals surface area contributed by atoms with Gasteiger partial charge in [0.05, 0.1) is 24.3 Å². The molecule has 2 rings (SSSR count). The van der Waals surface area contributed by atoms with E-state index in [0.29, 0.717) is 0 Å². The first-order chi connectivity index (χ1) is 7.72. The van der Waals surface area contributed by atoms with E-state index >= 15 is 0 Å². The van der Waals surface area contributed by atoms with Crippen LogP contribution in [-0.2, 0) is 7.05 Å². The Labute approximate surface area is 94.3 Å². The summed E-state index contributed by atoms with van der Waals surface area (Å²) in [6.07, 6.45) is 7.18. The molecule has 0 fully saturated rings. The molecule has 0 amide bonds. The molecule has 2 aromatic heterocycles. The van der Waals surface area contributed by atoms with E-state index in [-0.39, 0.29) is 6.04 Å². The fourth-order valence-corrected chi connectivity index (χ4v) is 1.73. The van der Waals surface area contributed by atoms with E-state index in [1.165, 1.54) is 0 Å². The van der Waals surface area contributed by atoms with Crippen LogP contribution in [0.15, 0.2) is 31.0 Å². The zero-order valence-electron chi connectivity index (χ0n) is 9.38. The van der Waals surface area contributed by atoms with E-state index in [9.17, 15) is 0 Å². The minimum Gasteiger partial charge on any atom is -0.336 e. The number of nitrogens with zero attached hydrogens (tertiary/aromatic N) is 3. The smallest absolute Gasteiger partial charge is 0.0946 e. The van der Waals surface area contributed by atoms with Crippen LogP contribution >= 0.6 is 0 Å². The molecule has 1 atom stereocenters. The third-order valence-electron chi connectivity index (χ3n) is 2.55. The van der Waals surface area contributed by atoms with Crippen molar-refractivity contribution in [1.82, 2.24) is 20.0 Å². The van der Waals surface area contributed by atoms with Crippen molar-refractivity contribution in [2.75, 3.05) is 0 Å². The fourth-order valence-electron chi connectivity index (χ4n) is 1.73. The number of nitrogens with two attached hydrogens (primary N) is 1. The van der Waals surface area contributed by atoms with Crippen LogP contribution in [0.4, 0.5) is 0 Å². The van der Waals surface area contributed by atoms with E-state index in [1.807, 2.05) is 30.9 Å². The monoisotopic (exact) mass is 217 g/mol. The van der Waals surface area contributed by atoms with Gasteiger partial charge in [0.15, 0.2) is 0 Å². The van der Waals surface area contributed by atoms with Crippen molar-refractivity contribution in [2.45, 2.75) is 13.0 Å². The summed E-state index contributed by atoms with van der Waals surface area (Å²) in [5, 5.41) is 0. The van der Waals surface area contributed by atoms with Gasteiger partial charge in [0.25, 0.3) is 0 Å². The SMILES string of the molecule is Cc1cncc(C(NN)c2cncn2C)c1. The van der Waals surface area contributed by atoms with E-state index < -0.39 is 0 Å². The Bertz CT molecular complexity index is 477. The van der Waals surface area contributed by atoms with Crippen molar-refractivity contribution in [2.24, 2.45) is 12.9 Å². The molecule has 84 valence electrons. The van der Waals surface area contributed by atoms with Gasteiger partial charge in [0.1, 0.15) is 0 Å². The van der Waals surface area contributed by atoms with Gasteiger partial charge >= 0.3 is 0 Å². The average Bonchev–Trinajstić information content (AvgIpc) is 2.67. The van der Waals surface area contributed by atoms with Crippen LogP contribution < -0.4 is 11.3 Å². The molecule has 0 aliphatic rings. The number of aromatic nitrogens is 3. The van der Waals surface area contributed by atoms with Gasteiger partial charge in [-0.05, 0) is 18.1 Å². The maximum atomic E-state index is 5.60. The van der Waals surface area contributed by atoms with Gasteiger partial charge in [-0.2, -0.15) is 0 Å². The van der Waals surface area contributed by atoms with Crippen LogP contribution in [-0.4, -0.2) is 14.5 Å². The Morgan fingerprint density at radius 2 is 2.12 bits per heavy atom. The highest BCUT2D eigenvalue weighted by Crippen LogP contribution is 2.20. The summed E-state index contributed by atoms with van der Waals surface area (Å²) >= 11 is 0. The minimum atomic E-state index is -0.0834. The summed E-state index contributed by atoms with van der Waals surface area (Å²) in [5.74, 6) is 5.60. The predicted molar refractivity (Wildman–Crippen MR) is 61.3 cm³/mol. The van der Waals surface area contributed by atoms with Gasteiger partial charge in [-0.1, -0.05) is 6.07 Å². The van der Waals surface area contributed by atoms with Crippen molar-refractivity contribution in [3.63, 3.8) is 0 Å². The van der Waals surface area contributed by atoms with Crippen molar-refractivity contribution >= 4 is 0 Å². The highest BCUT2D eigenvalue weighted by Gasteiger charge is 2.15. The van der Waals surface area contributed by atoms with Gasteiger partial charge in [0, 0.05) is 19.4 Å². The predicted octanol–water partition coefficient (Wildman–Crippen LogP) is 0.676. The molecule has 5 heteroatoms. The average molecular weight is 217 g/mol. The number of hydrazine groups is 1. The maximum Gasteiger partial charge on any atom is 0.0946 e. The Kier molecular flexibility index (Phi) is 2.98. The number of imidazole rings is 1. The summed E-state index contributed by atoms with van der Waals surface area (Å²) in [7, 11) is 1.94. The van der Waals surface area contributed by atoms with Crippen molar-refractivity contribution in [1.29, 1.82) is 0 Å². The second-order valence-corrected chi connectivity index (χ2v) is 3.82. The quantitative estimate of drug-likeness (QED) is 0.586. The van der Waals surface area contributed by atoms with E-state index in [1.54, 1.807) is 12.5 Å². The van der Waals surface area contributed by atoms with Crippen molar-refractivity contribution in [3.05, 3.63) is 47.8 Å². The van der Waals surface area contributed by atoms with Crippen molar-refractivity contribution < 1.29 is 0 Å². The standard InChI is InChI=1S/C11H15N5/c1-8-3-9(5-13-4-8)11(15-12)10-6-14-7-16(10)2/h3-7,11,15H,12H2,1-2H3. The fraction of sp³-hybridized carbons (Fsp3) is 0.273. The molecule has 0 radical (unpaired) electrons. The topological polar surface area (TPSA) is 68.8 Å². The molecule has 0 spiro atoms. The highest BCUT2D eigenvalue weighted by molar-refractivity contribution is 5.27. The molecular formula is C11H15N5. The van der Waals surface area contributed by atoms with Gasteiger partial charge in [-0.3, -0.25) is 10.8 Å². The number of nitrogens with one attached hydrogen (secondary N) is 1. The third-order valence-corrected chi connectivity index (χ3v) is 2.55. The lowest BCUT2D eigenvalue weighted by molar-refractivity contribution is 0.595. The summed E-state index contributed by atoms with van der Waals surface area (Å²) < 4.78 is 1.94. The summed E-state index contributed by atoms with van der Waals surface area (Å²) in [6.45, 7) is 2.01. The normalized spacial score (nSPS) is 12.7. The van der Waals surface area contributed by atoms with E-state index in [0.717, 1.165) is 16.8 Å². The first-order valence-electron chi connectivity index (χ1n) is 5.06. The number of hydrogen-bond acceptors (Lipinski definition) is 4. The van der Waals surface area contributed by atoms with Crippen LogP contribution in [0.1, 0.15) is 22.9 Å². The lowest BCUT2D eigenvalue weighted by Gasteiger charge is -2.16. The molecular weight excluding hydrogens is 202 g/mol. The molecule has 1 unspecified atom stereocenters. The maximum absolute atomic E-state index is 5.60. The molecule has 5 nitrogen and oxygen atoms in total. The van der Waals surface area contributed by atoms with Crippen LogP contribution in [0, 0.1) is 6.92 Å². The van der Waals surface area contributed by atoms with Gasteiger partial charge in [-0.25, -0.2) is 10.4 Å². The van der Waals surface area contributed by atoms with E-state index in [2.05, 4.69) is 21.5 Å². The Balaban J connectivity index is 2.40. The van der Waals surface area contributed by atoms with E-state index in [4.69, 9.17) is 5.84 Å². The molecule has 0 aromatic carbocycles. The van der Waals surface area contributed by atoms with Gasteiger partial charge in [-0.15, -0.1) is 0 Å². The molecule has 3 N–H and O–H groups in total. The Hall–Kier alpha value is -1.72. The first kappa shape index (κ1) is 10.8. The molecule has 0 aliphatic heterocycles. The second kappa shape index (κ2) is 4.42. The molecule has 0 saturated carbocycles. The zero-order chi connectivity index (χ0) is 11.5. The van der Waals surface area contributed by atoms with Crippen LogP contribution in [0.2, 0.25) is 0 Å². The summed E-state index contributed by atoms with van der Waals surface area (Å²) in [4.78, 5) is 8.25. The number of rotatable bonds is 3. The highest BCUT2D eigenvalue weighted by atomic mass is 15.2. The van der Waals surface area contributed by atoms with Crippen LogP contribution in [0.3, 0.4) is 0 Å². The molecule has 2 aromatic rings. The second-order valence-electron chi connectivity index (χ2n) is 3.82. The van der Waals surface area contributed by atoms with Gasteiger partial charge < -0.3 is 4.57 Å². The molecule has 0 saturated heterocycles. The first-order valence-corrected chi connectivity index (χ1v) is 5.06. The van der Waals surface area contributed by atoms with Crippen LogP contribution in [0.5, 0.6) is 0 Å². The Morgan fingerprint density at radius 3 is 2.69 bits per heavy atom. The number of hydrogen-bond donors (Lipinski definition) is 2. The molecule has 2 heterocycles. The Morgan fingerprint density at radius 1 is 1.31 bits per heavy atom. The third kappa shape index (κ3) is 1.95. The molecule has 0 bridgehead atoms. The van der Waals surface area contributed by atoms with Gasteiger partial charge in [0.2, 0.25) is 0 Å². The minimum absolute atomic E-state index is 0.0834. The summed E-state index contributed by atoms with van der Waals surface area (Å²) in [5.41, 5.74) is 5.94. The molecule has 16 heavy (non-hydrogen) atoms. The molecule has 0 aliphatic carbocycles. The summed E-state index contributed by atoms with van der Waals surface area (Å²) in [6, 6.07) is 1.98. The lowest BCUT2D eigenvalue weighted by atomic mass is 10.1. The largest absolute Gasteiger partial charge is 0.336 e. The number of aryl methyl sites for hydroxylation is 2. The zero-order valence-corrected chi connectivity index (χ0v) is 9.38. The van der Waals surface area contributed by atoms with Crippen LogP contribution in [0.25, 0.3) is 0 Å². The lowest BCUT2D eigenvalue weighted by Crippen LogP contribution is -2.30. The van der Waals surface area contributed by atoms with Crippen molar-refractivity contribution in [3.8, 4) is 0 Å². The number of pyridine rings is 1.